The first-order valence-electron chi connectivity index (χ1n) is 9.21. The molecule has 150 valence electrons. The standard InChI is InChI=1S/C23H20N4O2S/c1-17-8-7-12-20(16-17)24-23(30)26-25-21(18-9-3-2-4-10-18)15-14-19-11-5-6-13-22(19)27(28)29/h2-16H,1H3,(H2,24,26,30)/b15-14+,25-21-. The van der Waals surface area contributed by atoms with Gasteiger partial charge in [0.2, 0.25) is 0 Å². The molecular formula is C23H20N4O2S. The zero-order chi connectivity index (χ0) is 21.3. The molecule has 0 amide bonds. The highest BCUT2D eigenvalue weighted by molar-refractivity contribution is 7.80. The van der Waals surface area contributed by atoms with Crippen molar-refractivity contribution in [3.63, 3.8) is 0 Å². The number of aryl methyl sites for hydroxylation is 1. The van der Waals surface area contributed by atoms with Gasteiger partial charge in [-0.3, -0.25) is 15.5 Å². The maximum absolute atomic E-state index is 11.3. The first-order valence-corrected chi connectivity index (χ1v) is 9.62. The van der Waals surface area contributed by atoms with Crippen LogP contribution in [0.2, 0.25) is 0 Å². The molecule has 2 N–H and O–H groups in total. The zero-order valence-corrected chi connectivity index (χ0v) is 17.1. The van der Waals surface area contributed by atoms with Gasteiger partial charge in [0.25, 0.3) is 5.69 Å². The molecule has 0 unspecified atom stereocenters. The molecule has 0 saturated carbocycles. The number of nitro groups is 1. The number of hydrogen-bond acceptors (Lipinski definition) is 4. The van der Waals surface area contributed by atoms with E-state index in [1.54, 1.807) is 30.4 Å². The molecule has 0 aliphatic carbocycles. The third kappa shape index (κ3) is 5.83. The number of para-hydroxylation sites is 1. The molecule has 0 spiro atoms. The fraction of sp³-hybridized carbons (Fsp3) is 0.0435. The molecule has 3 aromatic rings. The molecule has 0 radical (unpaired) electrons. The summed E-state index contributed by atoms with van der Waals surface area (Å²) in [5, 5.41) is 19.1. The lowest BCUT2D eigenvalue weighted by atomic mass is 10.1. The second kappa shape index (κ2) is 10.1. The quantitative estimate of drug-likeness (QED) is 0.246. The van der Waals surface area contributed by atoms with Crippen molar-refractivity contribution in [1.29, 1.82) is 0 Å². The third-order valence-corrected chi connectivity index (χ3v) is 4.37. The molecule has 0 atom stereocenters. The second-order valence-electron chi connectivity index (χ2n) is 6.45. The topological polar surface area (TPSA) is 79.6 Å². The van der Waals surface area contributed by atoms with Gasteiger partial charge in [-0.1, -0.05) is 54.6 Å². The Balaban J connectivity index is 1.83. The van der Waals surface area contributed by atoms with Gasteiger partial charge in [0, 0.05) is 17.3 Å². The molecule has 7 heteroatoms. The maximum atomic E-state index is 11.3. The highest BCUT2D eigenvalue weighted by Gasteiger charge is 2.10. The number of nitrogens with zero attached hydrogens (tertiary/aromatic N) is 2. The summed E-state index contributed by atoms with van der Waals surface area (Å²) in [5.74, 6) is 0. The minimum absolute atomic E-state index is 0.0331. The summed E-state index contributed by atoms with van der Waals surface area (Å²) in [4.78, 5) is 10.8. The molecule has 0 aliphatic heterocycles. The van der Waals surface area contributed by atoms with Crippen LogP contribution in [0, 0.1) is 17.0 Å². The van der Waals surface area contributed by atoms with Crippen LogP contribution in [0.4, 0.5) is 11.4 Å². The number of nitrogens with one attached hydrogen (secondary N) is 2. The number of thiocarbonyl (C=S) groups is 1. The third-order valence-electron chi connectivity index (χ3n) is 4.18. The van der Waals surface area contributed by atoms with Crippen molar-refractivity contribution in [3.8, 4) is 0 Å². The van der Waals surface area contributed by atoms with E-state index in [1.807, 2.05) is 61.5 Å². The van der Waals surface area contributed by atoms with Crippen LogP contribution in [0.1, 0.15) is 16.7 Å². The number of allylic oxidation sites excluding steroid dienone is 1. The summed E-state index contributed by atoms with van der Waals surface area (Å²) in [6.45, 7) is 2.00. The molecule has 3 aromatic carbocycles. The van der Waals surface area contributed by atoms with Crippen molar-refractivity contribution in [2.75, 3.05) is 5.32 Å². The normalized spacial score (nSPS) is 11.3. The van der Waals surface area contributed by atoms with Gasteiger partial charge in [-0.15, -0.1) is 0 Å². The summed E-state index contributed by atoms with van der Waals surface area (Å²) < 4.78 is 0. The average molecular weight is 417 g/mol. The molecule has 0 heterocycles. The van der Waals surface area contributed by atoms with E-state index in [9.17, 15) is 10.1 Å². The predicted molar refractivity (Wildman–Crippen MR) is 126 cm³/mol. The van der Waals surface area contributed by atoms with Gasteiger partial charge in [0.15, 0.2) is 5.11 Å². The number of anilines is 1. The van der Waals surface area contributed by atoms with Crippen molar-refractivity contribution in [3.05, 3.63) is 112 Å². The SMILES string of the molecule is Cc1cccc(NC(=S)N/N=C(/C=C/c2ccccc2[N+](=O)[O-])c2ccccc2)c1. The smallest absolute Gasteiger partial charge is 0.276 e. The van der Waals surface area contributed by atoms with E-state index in [-0.39, 0.29) is 5.69 Å². The summed E-state index contributed by atoms with van der Waals surface area (Å²) >= 11 is 5.34. The molecule has 6 nitrogen and oxygen atoms in total. The molecule has 30 heavy (non-hydrogen) atoms. The van der Waals surface area contributed by atoms with Gasteiger partial charge in [0.1, 0.15) is 0 Å². The first-order chi connectivity index (χ1) is 14.5. The molecule has 0 fully saturated rings. The summed E-state index contributed by atoms with van der Waals surface area (Å²) in [6, 6.07) is 23.9. The summed E-state index contributed by atoms with van der Waals surface area (Å²) in [7, 11) is 0. The largest absolute Gasteiger partial charge is 0.331 e. The average Bonchev–Trinajstić information content (AvgIpc) is 2.74. The van der Waals surface area contributed by atoms with E-state index in [0.29, 0.717) is 16.4 Å². The highest BCUT2D eigenvalue weighted by Crippen LogP contribution is 2.19. The lowest BCUT2D eigenvalue weighted by Gasteiger charge is -2.09. The van der Waals surface area contributed by atoms with E-state index in [4.69, 9.17) is 12.2 Å². The number of rotatable bonds is 6. The number of benzene rings is 3. The van der Waals surface area contributed by atoms with Gasteiger partial charge in [-0.25, -0.2) is 0 Å². The summed E-state index contributed by atoms with van der Waals surface area (Å²) in [5.41, 5.74) is 6.78. The maximum Gasteiger partial charge on any atom is 0.276 e. The minimum Gasteiger partial charge on any atom is -0.331 e. The van der Waals surface area contributed by atoms with E-state index in [1.165, 1.54) is 6.07 Å². The van der Waals surface area contributed by atoms with Crippen LogP contribution in [-0.2, 0) is 0 Å². The molecule has 0 saturated heterocycles. The minimum atomic E-state index is -0.405. The Bertz CT molecular complexity index is 1110. The van der Waals surface area contributed by atoms with Crippen LogP contribution in [0.5, 0.6) is 0 Å². The Kier molecular flexibility index (Phi) is 7.02. The van der Waals surface area contributed by atoms with Gasteiger partial charge in [0.05, 0.1) is 16.2 Å². The lowest BCUT2D eigenvalue weighted by molar-refractivity contribution is -0.385. The van der Waals surface area contributed by atoms with Crippen molar-refractivity contribution < 1.29 is 4.92 Å². The van der Waals surface area contributed by atoms with Crippen molar-refractivity contribution in [1.82, 2.24) is 5.43 Å². The van der Waals surface area contributed by atoms with Crippen LogP contribution >= 0.6 is 12.2 Å². The molecular weight excluding hydrogens is 396 g/mol. The zero-order valence-electron chi connectivity index (χ0n) is 16.3. The Labute approximate surface area is 180 Å². The number of hydrogen-bond donors (Lipinski definition) is 2. The highest BCUT2D eigenvalue weighted by atomic mass is 32.1. The van der Waals surface area contributed by atoms with Crippen LogP contribution in [0.15, 0.2) is 90.0 Å². The fourth-order valence-corrected chi connectivity index (χ4v) is 2.93. The van der Waals surface area contributed by atoms with E-state index < -0.39 is 4.92 Å². The van der Waals surface area contributed by atoms with Gasteiger partial charge in [-0.05, 0) is 55.1 Å². The van der Waals surface area contributed by atoms with E-state index >= 15 is 0 Å². The van der Waals surface area contributed by atoms with Crippen LogP contribution < -0.4 is 10.7 Å². The van der Waals surface area contributed by atoms with Crippen LogP contribution in [-0.4, -0.2) is 15.7 Å². The molecule has 0 bridgehead atoms. The summed E-state index contributed by atoms with van der Waals surface area (Å²) in [6.07, 6.45) is 3.39. The Hall–Kier alpha value is -3.84. The van der Waals surface area contributed by atoms with E-state index in [0.717, 1.165) is 16.8 Å². The number of hydrazone groups is 1. The molecule has 0 aromatic heterocycles. The van der Waals surface area contributed by atoms with Gasteiger partial charge >= 0.3 is 0 Å². The van der Waals surface area contributed by atoms with Crippen molar-refractivity contribution >= 4 is 40.5 Å². The van der Waals surface area contributed by atoms with Crippen LogP contribution in [0.25, 0.3) is 6.08 Å². The number of nitro benzene ring substituents is 1. The molecule has 0 aliphatic rings. The van der Waals surface area contributed by atoms with E-state index in [2.05, 4.69) is 15.8 Å². The van der Waals surface area contributed by atoms with Crippen LogP contribution in [0.3, 0.4) is 0 Å². The Morgan fingerprint density at radius 3 is 2.50 bits per heavy atom. The Morgan fingerprint density at radius 1 is 1.03 bits per heavy atom. The predicted octanol–water partition coefficient (Wildman–Crippen LogP) is 5.31. The first kappa shape index (κ1) is 20.9. The van der Waals surface area contributed by atoms with Gasteiger partial charge < -0.3 is 5.32 Å². The van der Waals surface area contributed by atoms with Crippen molar-refractivity contribution in [2.45, 2.75) is 6.92 Å². The van der Waals surface area contributed by atoms with Crippen molar-refractivity contribution in [2.24, 2.45) is 5.10 Å². The second-order valence-corrected chi connectivity index (χ2v) is 6.86. The fourth-order valence-electron chi connectivity index (χ4n) is 2.76. The van der Waals surface area contributed by atoms with Gasteiger partial charge in [-0.2, -0.15) is 5.10 Å². The molecule has 3 rings (SSSR count). The monoisotopic (exact) mass is 416 g/mol. The Morgan fingerprint density at radius 2 is 1.77 bits per heavy atom. The lowest BCUT2D eigenvalue weighted by Crippen LogP contribution is -2.25.